The molecule has 158 valence electrons. The summed E-state index contributed by atoms with van der Waals surface area (Å²) >= 11 is 1.63. The molecule has 0 N–H and O–H groups in total. The predicted octanol–water partition coefficient (Wildman–Crippen LogP) is 3.43. The van der Waals surface area contributed by atoms with Crippen LogP contribution in [0.15, 0.2) is 29.2 Å². The number of rotatable bonds is 5. The lowest BCUT2D eigenvalue weighted by atomic mass is 9.96. The van der Waals surface area contributed by atoms with E-state index < -0.39 is 0 Å². The fourth-order valence-electron chi connectivity index (χ4n) is 2.69. The number of thioether (sulfide) groups is 1. The average Bonchev–Trinajstić information content (AvgIpc) is 2.70. The topological polar surface area (TPSA) is 63.2 Å². The molecule has 0 amide bonds. The van der Waals surface area contributed by atoms with Gasteiger partial charge in [0.25, 0.3) is 0 Å². The Morgan fingerprint density at radius 1 is 1.00 bits per heavy atom. The summed E-state index contributed by atoms with van der Waals surface area (Å²) in [6, 6.07) is 7.54. The number of hydrogen-bond acceptors (Lipinski definition) is 7. The van der Waals surface area contributed by atoms with Crippen molar-refractivity contribution in [1.82, 2.24) is 0 Å². The van der Waals surface area contributed by atoms with Gasteiger partial charge in [0.05, 0.1) is 51.8 Å². The van der Waals surface area contributed by atoms with E-state index in [0.29, 0.717) is 65.0 Å². The van der Waals surface area contributed by atoms with Gasteiger partial charge in [0.15, 0.2) is 0 Å². The first-order valence-electron chi connectivity index (χ1n) is 9.84. The molecule has 2 rings (SSSR count). The van der Waals surface area contributed by atoms with Crippen LogP contribution in [-0.2, 0) is 23.7 Å². The van der Waals surface area contributed by atoms with Crippen LogP contribution < -0.4 is 0 Å². The maximum Gasteiger partial charge on any atom is 0.339 e. The molecule has 0 saturated carbocycles. The van der Waals surface area contributed by atoms with Crippen molar-refractivity contribution in [2.24, 2.45) is 5.41 Å². The average molecular weight is 413 g/mol. The van der Waals surface area contributed by atoms with E-state index in [1.165, 1.54) is 0 Å². The highest BCUT2D eigenvalue weighted by molar-refractivity contribution is 7.99. The van der Waals surface area contributed by atoms with Crippen LogP contribution in [0.2, 0.25) is 0 Å². The van der Waals surface area contributed by atoms with Crippen LogP contribution in [0.1, 0.15) is 30.6 Å². The molecule has 28 heavy (non-hydrogen) atoms. The third-order valence-corrected chi connectivity index (χ3v) is 5.69. The molecule has 1 aromatic carbocycles. The lowest BCUT2D eigenvalue weighted by Gasteiger charge is -2.29. The zero-order chi connectivity index (χ0) is 20.1. The molecule has 0 aliphatic carbocycles. The smallest absolute Gasteiger partial charge is 0.339 e. The van der Waals surface area contributed by atoms with Gasteiger partial charge in [0.1, 0.15) is 0 Å². The van der Waals surface area contributed by atoms with Gasteiger partial charge in [0, 0.05) is 29.3 Å². The van der Waals surface area contributed by atoms with E-state index in [-0.39, 0.29) is 11.4 Å². The second kappa shape index (κ2) is 13.2. The number of esters is 1. The van der Waals surface area contributed by atoms with E-state index in [9.17, 15) is 4.79 Å². The lowest BCUT2D eigenvalue weighted by molar-refractivity contribution is -0.0404. The van der Waals surface area contributed by atoms with E-state index in [4.69, 9.17) is 23.7 Å². The van der Waals surface area contributed by atoms with E-state index in [1.54, 1.807) is 17.8 Å². The summed E-state index contributed by atoms with van der Waals surface area (Å²) in [5.41, 5.74) is 0.402. The van der Waals surface area contributed by atoms with Crippen LogP contribution >= 0.6 is 11.8 Å². The Morgan fingerprint density at radius 2 is 1.61 bits per heavy atom. The van der Waals surface area contributed by atoms with Crippen molar-refractivity contribution in [1.29, 1.82) is 0 Å². The molecule has 0 unspecified atom stereocenters. The van der Waals surface area contributed by atoms with Crippen LogP contribution in [-0.4, -0.2) is 71.2 Å². The Morgan fingerprint density at radius 3 is 2.25 bits per heavy atom. The second-order valence-electron chi connectivity index (χ2n) is 7.00. The highest BCUT2D eigenvalue weighted by atomic mass is 32.2. The molecule has 1 saturated heterocycles. The zero-order valence-corrected chi connectivity index (χ0v) is 17.8. The minimum absolute atomic E-state index is 0.198. The molecule has 6 nitrogen and oxygen atoms in total. The van der Waals surface area contributed by atoms with Crippen molar-refractivity contribution < 1.29 is 28.5 Å². The first-order valence-corrected chi connectivity index (χ1v) is 10.8. The van der Waals surface area contributed by atoms with Crippen molar-refractivity contribution in [2.45, 2.75) is 25.2 Å². The molecule has 0 bridgehead atoms. The fraction of sp³-hybridized carbons (Fsp3) is 0.667. The predicted molar refractivity (Wildman–Crippen MR) is 109 cm³/mol. The van der Waals surface area contributed by atoms with E-state index in [2.05, 4.69) is 6.92 Å². The number of carbonyl (C=O) groups excluding carboxylic acids is 1. The van der Waals surface area contributed by atoms with Crippen molar-refractivity contribution in [2.75, 3.05) is 65.2 Å². The van der Waals surface area contributed by atoms with Gasteiger partial charge in [-0.15, -0.1) is 11.8 Å². The molecule has 1 fully saturated rings. The summed E-state index contributed by atoms with van der Waals surface area (Å²) in [6.45, 7) is 9.07. The molecule has 7 heteroatoms. The summed E-state index contributed by atoms with van der Waals surface area (Å²) in [6.07, 6.45) is 0.883. The van der Waals surface area contributed by atoms with Crippen molar-refractivity contribution >= 4 is 17.7 Å². The molecule has 0 spiro atoms. The van der Waals surface area contributed by atoms with Crippen molar-refractivity contribution in [3.8, 4) is 0 Å². The minimum Gasteiger partial charge on any atom is -0.462 e. The number of benzene rings is 1. The molecule has 0 atom stereocenters. The standard InChI is InChI=1S/C21H32O6S/c1-3-27-20(22)18-7-4-5-8-19(18)28-17-21(2)15-25-13-11-23-9-6-10-24-12-14-26-16-21/h4-5,7-8H,3,6,9-17H2,1-2H3. The molecule has 1 heterocycles. The second-order valence-corrected chi connectivity index (χ2v) is 8.02. The summed E-state index contributed by atoms with van der Waals surface area (Å²) < 4.78 is 28.0. The Balaban J connectivity index is 1.96. The van der Waals surface area contributed by atoms with Crippen LogP contribution in [0.4, 0.5) is 0 Å². The molecular weight excluding hydrogens is 380 g/mol. The SMILES string of the molecule is CCOC(=O)c1ccccc1SCC1(C)COCCOCCCOCCOC1. The lowest BCUT2D eigenvalue weighted by Crippen LogP contribution is -2.33. The third-order valence-electron chi connectivity index (χ3n) is 4.18. The van der Waals surface area contributed by atoms with E-state index in [0.717, 1.165) is 17.1 Å². The van der Waals surface area contributed by atoms with Gasteiger partial charge in [0.2, 0.25) is 0 Å². The van der Waals surface area contributed by atoms with Crippen molar-refractivity contribution in [3.05, 3.63) is 29.8 Å². The van der Waals surface area contributed by atoms with Crippen LogP contribution in [0.5, 0.6) is 0 Å². The van der Waals surface area contributed by atoms with E-state index >= 15 is 0 Å². The molecule has 0 radical (unpaired) electrons. The first kappa shape index (κ1) is 23.2. The van der Waals surface area contributed by atoms with Gasteiger partial charge in [-0.2, -0.15) is 0 Å². The van der Waals surface area contributed by atoms with E-state index in [1.807, 2.05) is 25.1 Å². The minimum atomic E-state index is -0.288. The van der Waals surface area contributed by atoms with Gasteiger partial charge in [-0.3, -0.25) is 0 Å². The number of ether oxygens (including phenoxy) is 5. The maximum atomic E-state index is 12.2. The highest BCUT2D eigenvalue weighted by Gasteiger charge is 2.27. The summed E-state index contributed by atoms with van der Waals surface area (Å²) in [4.78, 5) is 13.1. The normalized spacial score (nSPS) is 19.5. The molecule has 1 aromatic rings. The van der Waals surface area contributed by atoms with Gasteiger partial charge >= 0.3 is 5.97 Å². The van der Waals surface area contributed by atoms with Crippen LogP contribution in [0.25, 0.3) is 0 Å². The number of carbonyl (C=O) groups is 1. The zero-order valence-electron chi connectivity index (χ0n) is 16.9. The monoisotopic (exact) mass is 412 g/mol. The molecule has 1 aliphatic rings. The van der Waals surface area contributed by atoms with Crippen LogP contribution in [0.3, 0.4) is 0 Å². The Kier molecular flexibility index (Phi) is 10.9. The van der Waals surface area contributed by atoms with Gasteiger partial charge in [-0.25, -0.2) is 4.79 Å². The first-order chi connectivity index (χ1) is 13.6. The largest absolute Gasteiger partial charge is 0.462 e. The highest BCUT2D eigenvalue weighted by Crippen LogP contribution is 2.31. The van der Waals surface area contributed by atoms with Gasteiger partial charge in [-0.05, 0) is 25.5 Å². The molecule has 1 aliphatic heterocycles. The maximum absolute atomic E-state index is 12.2. The molecular formula is C21H32O6S. The Labute approximate surface area is 172 Å². The van der Waals surface area contributed by atoms with Crippen LogP contribution in [0, 0.1) is 5.41 Å². The van der Waals surface area contributed by atoms with Gasteiger partial charge < -0.3 is 23.7 Å². The Hall–Kier alpha value is -1.12. The van der Waals surface area contributed by atoms with Crippen molar-refractivity contribution in [3.63, 3.8) is 0 Å². The third kappa shape index (κ3) is 8.49. The summed E-state index contributed by atoms with van der Waals surface area (Å²) in [5.74, 6) is 0.467. The molecule has 0 aromatic heterocycles. The quantitative estimate of drug-likeness (QED) is 0.542. The summed E-state index contributed by atoms with van der Waals surface area (Å²) in [7, 11) is 0. The summed E-state index contributed by atoms with van der Waals surface area (Å²) in [5, 5.41) is 0. The fourth-order valence-corrected chi connectivity index (χ4v) is 3.84. The van der Waals surface area contributed by atoms with Gasteiger partial charge in [-0.1, -0.05) is 19.1 Å². The number of hydrogen-bond donors (Lipinski definition) is 0. The Bertz CT molecular complexity index is 566.